The van der Waals surface area contributed by atoms with Crippen molar-refractivity contribution >= 4 is 5.97 Å². The predicted octanol–water partition coefficient (Wildman–Crippen LogP) is 2.57. The molecule has 0 unspecified atom stereocenters. The van der Waals surface area contributed by atoms with Crippen LogP contribution in [0.3, 0.4) is 0 Å². The Morgan fingerprint density at radius 2 is 2.20 bits per heavy atom. The number of hydrogen-bond donors (Lipinski definition) is 1. The molecule has 0 atom stereocenters. The van der Waals surface area contributed by atoms with Crippen LogP contribution in [0.25, 0.3) is 0 Å². The minimum atomic E-state index is -0.748. The number of benzene rings is 1. The van der Waals surface area contributed by atoms with Crippen LogP contribution in [0.5, 0.6) is 0 Å². The fraction of sp³-hybridized carbons (Fsp3) is 0.462. The van der Waals surface area contributed by atoms with Gasteiger partial charge < -0.3 is 5.11 Å². The third kappa shape index (κ3) is 2.82. The molecule has 15 heavy (non-hydrogen) atoms. The lowest BCUT2D eigenvalue weighted by Gasteiger charge is -2.06. The Hall–Kier alpha value is -1.31. The minimum Gasteiger partial charge on any atom is -0.481 e. The highest BCUT2D eigenvalue weighted by Crippen LogP contribution is 2.32. The monoisotopic (exact) mass is 204 g/mol. The van der Waals surface area contributed by atoms with Gasteiger partial charge in [-0.15, -0.1) is 0 Å². The van der Waals surface area contributed by atoms with E-state index in [4.69, 9.17) is 5.11 Å². The quantitative estimate of drug-likeness (QED) is 0.818. The van der Waals surface area contributed by atoms with Crippen molar-refractivity contribution in [1.29, 1.82) is 0 Å². The minimum absolute atomic E-state index is 0.143. The van der Waals surface area contributed by atoms with Gasteiger partial charge in [0.25, 0.3) is 0 Å². The molecule has 1 aromatic carbocycles. The van der Waals surface area contributed by atoms with Gasteiger partial charge in [0.15, 0.2) is 0 Å². The van der Waals surface area contributed by atoms with Crippen LogP contribution in [0.4, 0.5) is 0 Å². The van der Waals surface area contributed by atoms with Crippen LogP contribution in [-0.4, -0.2) is 11.1 Å². The molecule has 0 radical (unpaired) electrons. The number of carboxylic acid groups (broad SMARTS) is 1. The molecule has 1 aromatic rings. The summed E-state index contributed by atoms with van der Waals surface area (Å²) in [5.41, 5.74) is 3.33. The van der Waals surface area contributed by atoms with Gasteiger partial charge in [-0.1, -0.05) is 18.2 Å². The summed E-state index contributed by atoms with van der Waals surface area (Å²) in [5.74, 6) is 0.104. The molecule has 0 amide bonds. The van der Waals surface area contributed by atoms with Crippen LogP contribution in [0.2, 0.25) is 0 Å². The Morgan fingerprint density at radius 1 is 1.47 bits per heavy atom. The first kappa shape index (κ1) is 10.2. The van der Waals surface area contributed by atoms with Crippen LogP contribution in [0, 0.1) is 12.8 Å². The van der Waals surface area contributed by atoms with Gasteiger partial charge in [0.05, 0.1) is 6.42 Å². The van der Waals surface area contributed by atoms with Crippen LogP contribution in [-0.2, 0) is 17.6 Å². The average Bonchev–Trinajstić information content (AvgIpc) is 2.94. The van der Waals surface area contributed by atoms with Crippen molar-refractivity contribution in [2.24, 2.45) is 5.92 Å². The van der Waals surface area contributed by atoms with Crippen molar-refractivity contribution < 1.29 is 9.90 Å². The fourth-order valence-electron chi connectivity index (χ4n) is 1.86. The van der Waals surface area contributed by atoms with Gasteiger partial charge in [-0.05, 0) is 48.8 Å². The normalized spacial score (nSPS) is 15.3. The molecule has 0 saturated heterocycles. The molecule has 0 spiro atoms. The summed E-state index contributed by atoms with van der Waals surface area (Å²) in [6.07, 6.45) is 3.93. The Bertz CT molecular complexity index is 378. The summed E-state index contributed by atoms with van der Waals surface area (Å²) in [6.45, 7) is 1.97. The van der Waals surface area contributed by atoms with Gasteiger partial charge in [-0.2, -0.15) is 0 Å². The standard InChI is InChI=1S/C13H16O2/c1-9-2-3-11(6-10-4-5-10)7-12(9)8-13(14)15/h2-3,7,10H,4-6,8H2,1H3,(H,14,15). The second-order valence-electron chi connectivity index (χ2n) is 4.48. The number of aryl methyl sites for hydroxylation is 1. The molecule has 1 aliphatic rings. The third-order valence-corrected chi connectivity index (χ3v) is 2.98. The third-order valence-electron chi connectivity index (χ3n) is 2.98. The van der Waals surface area contributed by atoms with Gasteiger partial charge in [-0.25, -0.2) is 0 Å². The predicted molar refractivity (Wildman–Crippen MR) is 58.9 cm³/mol. The van der Waals surface area contributed by atoms with E-state index < -0.39 is 5.97 Å². The molecule has 1 fully saturated rings. The highest BCUT2D eigenvalue weighted by atomic mass is 16.4. The average molecular weight is 204 g/mol. The maximum absolute atomic E-state index is 10.7. The Morgan fingerprint density at radius 3 is 2.80 bits per heavy atom. The van der Waals surface area contributed by atoms with Crippen LogP contribution >= 0.6 is 0 Å². The van der Waals surface area contributed by atoms with E-state index in [0.717, 1.165) is 23.5 Å². The van der Waals surface area contributed by atoms with Gasteiger partial charge >= 0.3 is 5.97 Å². The van der Waals surface area contributed by atoms with E-state index >= 15 is 0 Å². The highest BCUT2D eigenvalue weighted by molar-refractivity contribution is 5.70. The molecule has 0 heterocycles. The first-order valence-corrected chi connectivity index (χ1v) is 5.45. The van der Waals surface area contributed by atoms with Crippen molar-refractivity contribution in [1.82, 2.24) is 0 Å². The van der Waals surface area contributed by atoms with Crippen LogP contribution in [0.15, 0.2) is 18.2 Å². The summed E-state index contributed by atoms with van der Waals surface area (Å²) < 4.78 is 0. The molecule has 0 aromatic heterocycles. The molecule has 2 rings (SSSR count). The van der Waals surface area contributed by atoms with E-state index in [2.05, 4.69) is 12.1 Å². The smallest absolute Gasteiger partial charge is 0.307 e. The van der Waals surface area contributed by atoms with E-state index in [0.29, 0.717) is 0 Å². The largest absolute Gasteiger partial charge is 0.481 e. The number of aliphatic carboxylic acids is 1. The van der Waals surface area contributed by atoms with E-state index in [1.54, 1.807) is 0 Å². The number of carboxylic acids is 1. The Balaban J connectivity index is 2.15. The summed E-state index contributed by atoms with van der Waals surface area (Å²) in [4.78, 5) is 10.7. The summed E-state index contributed by atoms with van der Waals surface area (Å²) in [6, 6.07) is 6.22. The van der Waals surface area contributed by atoms with E-state index in [-0.39, 0.29) is 6.42 Å². The van der Waals surface area contributed by atoms with Crippen molar-refractivity contribution in [3.05, 3.63) is 34.9 Å². The number of hydrogen-bond acceptors (Lipinski definition) is 1. The van der Waals surface area contributed by atoms with Crippen molar-refractivity contribution in [2.45, 2.75) is 32.6 Å². The molecular formula is C13H16O2. The lowest BCUT2D eigenvalue weighted by atomic mass is 9.99. The van der Waals surface area contributed by atoms with Crippen molar-refractivity contribution in [2.75, 3.05) is 0 Å². The Labute approximate surface area is 89.9 Å². The zero-order valence-corrected chi connectivity index (χ0v) is 8.99. The lowest BCUT2D eigenvalue weighted by molar-refractivity contribution is -0.136. The lowest BCUT2D eigenvalue weighted by Crippen LogP contribution is -2.03. The van der Waals surface area contributed by atoms with Gasteiger partial charge in [-0.3, -0.25) is 4.79 Å². The van der Waals surface area contributed by atoms with Crippen LogP contribution < -0.4 is 0 Å². The van der Waals surface area contributed by atoms with Gasteiger partial charge in [0.2, 0.25) is 0 Å². The zero-order valence-electron chi connectivity index (χ0n) is 8.99. The van der Waals surface area contributed by atoms with Gasteiger partial charge in [0.1, 0.15) is 0 Å². The van der Waals surface area contributed by atoms with E-state index in [9.17, 15) is 4.79 Å². The summed E-state index contributed by atoms with van der Waals surface area (Å²) in [7, 11) is 0. The topological polar surface area (TPSA) is 37.3 Å². The Kier molecular flexibility index (Phi) is 2.76. The molecule has 2 heteroatoms. The highest BCUT2D eigenvalue weighted by Gasteiger charge is 2.21. The SMILES string of the molecule is Cc1ccc(CC2CC2)cc1CC(=O)O. The molecule has 80 valence electrons. The maximum atomic E-state index is 10.7. The molecule has 1 saturated carbocycles. The second-order valence-corrected chi connectivity index (χ2v) is 4.48. The maximum Gasteiger partial charge on any atom is 0.307 e. The first-order valence-electron chi connectivity index (χ1n) is 5.45. The zero-order chi connectivity index (χ0) is 10.8. The molecular weight excluding hydrogens is 188 g/mol. The summed E-state index contributed by atoms with van der Waals surface area (Å²) in [5, 5.41) is 8.78. The van der Waals surface area contributed by atoms with Crippen LogP contribution in [0.1, 0.15) is 29.5 Å². The first-order chi connectivity index (χ1) is 7.15. The van der Waals surface area contributed by atoms with E-state index in [1.807, 2.05) is 13.0 Å². The molecule has 1 aliphatic carbocycles. The second kappa shape index (κ2) is 4.05. The molecule has 2 nitrogen and oxygen atoms in total. The van der Waals surface area contributed by atoms with Crippen molar-refractivity contribution in [3.8, 4) is 0 Å². The van der Waals surface area contributed by atoms with Crippen molar-refractivity contribution in [3.63, 3.8) is 0 Å². The molecule has 0 bridgehead atoms. The number of carbonyl (C=O) groups is 1. The fourth-order valence-corrected chi connectivity index (χ4v) is 1.86. The number of rotatable bonds is 4. The molecule has 0 aliphatic heterocycles. The summed E-state index contributed by atoms with van der Waals surface area (Å²) >= 11 is 0. The van der Waals surface area contributed by atoms with E-state index in [1.165, 1.54) is 18.4 Å². The molecule has 1 N–H and O–H groups in total. The van der Waals surface area contributed by atoms with Gasteiger partial charge in [0, 0.05) is 0 Å².